The standard InChI is InChI=1S/C26H25N5OS/c1-16-18(17(2)31-25(27-16)19-8-3-4-9-20(19)29-31)13-14-24(32)30-15-7-11-22(30)26-28-21-10-5-6-12-23(21)33-26/h3-6,8-10,12,22H,7,11,13-15H2,1-2H3. The number of hydrogen-bond donors (Lipinski definition) is 0. The van der Waals surface area contributed by atoms with E-state index in [1.54, 1.807) is 11.3 Å². The average molecular weight is 456 g/mol. The van der Waals surface area contributed by atoms with Crippen LogP contribution in [0.2, 0.25) is 0 Å². The van der Waals surface area contributed by atoms with E-state index >= 15 is 0 Å². The van der Waals surface area contributed by atoms with Gasteiger partial charge < -0.3 is 4.90 Å². The first-order chi connectivity index (χ1) is 16.1. The number of likely N-dealkylation sites (tertiary alicyclic amines) is 1. The van der Waals surface area contributed by atoms with Crippen LogP contribution in [0, 0.1) is 13.8 Å². The third-order valence-corrected chi connectivity index (χ3v) is 7.91. The Morgan fingerprint density at radius 1 is 1.06 bits per heavy atom. The Kier molecular flexibility index (Phi) is 4.87. The summed E-state index contributed by atoms with van der Waals surface area (Å²) in [5, 5.41) is 6.86. The molecule has 5 aromatic rings. The third-order valence-electron chi connectivity index (χ3n) is 6.78. The molecule has 0 bridgehead atoms. The molecule has 0 N–H and O–H groups in total. The molecule has 7 heteroatoms. The highest BCUT2D eigenvalue weighted by Crippen LogP contribution is 2.37. The maximum Gasteiger partial charge on any atom is 0.223 e. The number of aromatic nitrogens is 4. The highest BCUT2D eigenvalue weighted by molar-refractivity contribution is 7.18. The lowest BCUT2D eigenvalue weighted by Crippen LogP contribution is -2.30. The van der Waals surface area contributed by atoms with Crippen LogP contribution in [-0.4, -0.2) is 36.9 Å². The zero-order valence-corrected chi connectivity index (χ0v) is 19.6. The summed E-state index contributed by atoms with van der Waals surface area (Å²) < 4.78 is 3.11. The molecule has 4 heterocycles. The van der Waals surface area contributed by atoms with Gasteiger partial charge in [0.25, 0.3) is 0 Å². The van der Waals surface area contributed by atoms with Crippen LogP contribution in [0.4, 0.5) is 0 Å². The largest absolute Gasteiger partial charge is 0.333 e. The van der Waals surface area contributed by atoms with Gasteiger partial charge in [-0.05, 0) is 62.9 Å². The Labute approximate surface area is 195 Å². The van der Waals surface area contributed by atoms with Gasteiger partial charge in [0.05, 0.1) is 21.8 Å². The number of aryl methyl sites for hydroxylation is 2. The highest BCUT2D eigenvalue weighted by atomic mass is 32.1. The van der Waals surface area contributed by atoms with E-state index in [0.29, 0.717) is 12.8 Å². The molecule has 2 aromatic carbocycles. The molecule has 1 aliphatic heterocycles. The number of carbonyl (C=O) groups excluding carboxylic acids is 1. The first-order valence-electron chi connectivity index (χ1n) is 11.5. The maximum absolute atomic E-state index is 13.3. The van der Waals surface area contributed by atoms with Crippen LogP contribution in [0.1, 0.15) is 47.3 Å². The summed E-state index contributed by atoms with van der Waals surface area (Å²) >= 11 is 1.71. The number of hydrogen-bond acceptors (Lipinski definition) is 5. The van der Waals surface area contributed by atoms with Crippen LogP contribution in [0.25, 0.3) is 26.8 Å². The van der Waals surface area contributed by atoms with E-state index in [1.165, 1.54) is 4.70 Å². The smallest absolute Gasteiger partial charge is 0.223 e. The number of thiazole rings is 1. The minimum atomic E-state index is 0.0918. The van der Waals surface area contributed by atoms with E-state index in [0.717, 1.165) is 63.4 Å². The Balaban J connectivity index is 1.25. The number of para-hydroxylation sites is 1. The van der Waals surface area contributed by atoms with Gasteiger partial charge in [-0.15, -0.1) is 11.3 Å². The summed E-state index contributed by atoms with van der Waals surface area (Å²) in [4.78, 5) is 25.0. The fraction of sp³-hybridized carbons (Fsp3) is 0.308. The number of nitrogens with zero attached hydrogens (tertiary/aromatic N) is 5. The second kappa shape index (κ2) is 7.92. The van der Waals surface area contributed by atoms with Crippen LogP contribution in [-0.2, 0) is 11.2 Å². The number of rotatable bonds is 4. The zero-order chi connectivity index (χ0) is 22.5. The Morgan fingerprint density at radius 2 is 1.85 bits per heavy atom. The van der Waals surface area contributed by atoms with Crippen molar-refractivity contribution in [1.82, 2.24) is 24.5 Å². The molecule has 6 nitrogen and oxygen atoms in total. The van der Waals surface area contributed by atoms with Crippen molar-refractivity contribution in [3.63, 3.8) is 0 Å². The number of fused-ring (bicyclic) bond motifs is 4. The lowest BCUT2D eigenvalue weighted by Gasteiger charge is -2.23. The van der Waals surface area contributed by atoms with Crippen LogP contribution in [0.5, 0.6) is 0 Å². The van der Waals surface area contributed by atoms with E-state index in [2.05, 4.69) is 19.1 Å². The van der Waals surface area contributed by atoms with Crippen molar-refractivity contribution >= 4 is 44.0 Å². The monoisotopic (exact) mass is 455 g/mol. The summed E-state index contributed by atoms with van der Waals surface area (Å²) in [6.45, 7) is 4.92. The molecule has 1 aliphatic rings. The fourth-order valence-electron chi connectivity index (χ4n) is 5.07. The third kappa shape index (κ3) is 3.38. The van der Waals surface area contributed by atoms with Gasteiger partial charge in [0, 0.05) is 29.7 Å². The van der Waals surface area contributed by atoms with Gasteiger partial charge in [0.2, 0.25) is 5.91 Å². The van der Waals surface area contributed by atoms with Crippen LogP contribution in [0.15, 0.2) is 48.5 Å². The molecule has 1 unspecified atom stereocenters. The van der Waals surface area contributed by atoms with E-state index in [1.807, 2.05) is 52.7 Å². The van der Waals surface area contributed by atoms with E-state index in [-0.39, 0.29) is 11.9 Å². The molecule has 0 radical (unpaired) electrons. The Hall–Kier alpha value is -3.32. The molecule has 1 atom stereocenters. The van der Waals surface area contributed by atoms with Crippen molar-refractivity contribution < 1.29 is 4.79 Å². The van der Waals surface area contributed by atoms with Crippen LogP contribution >= 0.6 is 11.3 Å². The molecular weight excluding hydrogens is 430 g/mol. The van der Waals surface area contributed by atoms with Crippen molar-refractivity contribution in [3.8, 4) is 0 Å². The van der Waals surface area contributed by atoms with Crippen molar-refractivity contribution in [2.45, 2.75) is 45.6 Å². The van der Waals surface area contributed by atoms with Gasteiger partial charge in [-0.2, -0.15) is 5.10 Å². The topological polar surface area (TPSA) is 63.4 Å². The fourth-order valence-corrected chi connectivity index (χ4v) is 6.18. The summed E-state index contributed by atoms with van der Waals surface area (Å²) in [5.74, 6) is 0.196. The molecular formula is C26H25N5OS. The van der Waals surface area contributed by atoms with Gasteiger partial charge >= 0.3 is 0 Å². The number of benzene rings is 2. The molecule has 1 amide bonds. The second-order valence-electron chi connectivity index (χ2n) is 8.78. The molecule has 0 spiro atoms. The van der Waals surface area contributed by atoms with Gasteiger partial charge in [0.1, 0.15) is 5.01 Å². The lowest BCUT2D eigenvalue weighted by molar-refractivity contribution is -0.132. The minimum absolute atomic E-state index is 0.0918. The molecule has 1 fully saturated rings. The summed E-state index contributed by atoms with van der Waals surface area (Å²) in [6.07, 6.45) is 3.14. The van der Waals surface area contributed by atoms with Gasteiger partial charge in [-0.1, -0.05) is 24.3 Å². The normalized spacial score (nSPS) is 16.4. The molecule has 3 aromatic heterocycles. The van der Waals surface area contributed by atoms with Gasteiger partial charge in [-0.25, -0.2) is 14.5 Å². The first-order valence-corrected chi connectivity index (χ1v) is 12.3. The Morgan fingerprint density at radius 3 is 2.70 bits per heavy atom. The minimum Gasteiger partial charge on any atom is -0.333 e. The zero-order valence-electron chi connectivity index (χ0n) is 18.8. The van der Waals surface area contributed by atoms with E-state index < -0.39 is 0 Å². The molecule has 6 rings (SSSR count). The predicted octanol–water partition coefficient (Wildman–Crippen LogP) is 5.41. The van der Waals surface area contributed by atoms with Gasteiger partial charge in [0.15, 0.2) is 5.65 Å². The predicted molar refractivity (Wildman–Crippen MR) is 132 cm³/mol. The average Bonchev–Trinajstić information content (AvgIpc) is 3.55. The highest BCUT2D eigenvalue weighted by Gasteiger charge is 2.32. The van der Waals surface area contributed by atoms with Gasteiger partial charge in [-0.3, -0.25) is 4.79 Å². The van der Waals surface area contributed by atoms with Crippen molar-refractivity contribution in [2.75, 3.05) is 6.54 Å². The maximum atomic E-state index is 13.3. The SMILES string of the molecule is Cc1nc2c3ccccc3nn2c(C)c1CCC(=O)N1CCCC1c1nc2ccccc2s1. The molecule has 0 saturated carbocycles. The van der Waals surface area contributed by atoms with Crippen molar-refractivity contribution in [1.29, 1.82) is 0 Å². The quantitative estimate of drug-likeness (QED) is 0.364. The van der Waals surface area contributed by atoms with Crippen LogP contribution < -0.4 is 0 Å². The molecule has 1 saturated heterocycles. The van der Waals surface area contributed by atoms with Crippen molar-refractivity contribution in [2.24, 2.45) is 0 Å². The summed E-state index contributed by atoms with van der Waals surface area (Å²) in [6, 6.07) is 16.4. The van der Waals surface area contributed by atoms with E-state index in [9.17, 15) is 4.79 Å². The lowest BCUT2D eigenvalue weighted by atomic mass is 10.1. The molecule has 166 valence electrons. The summed E-state index contributed by atoms with van der Waals surface area (Å²) in [7, 11) is 0. The molecule has 0 aliphatic carbocycles. The summed E-state index contributed by atoms with van der Waals surface area (Å²) in [5.41, 5.74) is 5.99. The first kappa shape index (κ1) is 20.3. The molecule has 33 heavy (non-hydrogen) atoms. The van der Waals surface area contributed by atoms with E-state index in [4.69, 9.17) is 15.1 Å². The number of amides is 1. The Bertz CT molecular complexity index is 1480. The second-order valence-corrected chi connectivity index (χ2v) is 9.84. The number of carbonyl (C=O) groups is 1. The van der Waals surface area contributed by atoms with Crippen LogP contribution in [0.3, 0.4) is 0 Å². The van der Waals surface area contributed by atoms with Crippen molar-refractivity contribution in [3.05, 3.63) is 70.5 Å².